The molecule has 0 unspecified atom stereocenters. The van der Waals surface area contributed by atoms with Gasteiger partial charge in [-0.05, 0) is 26.2 Å². The molecule has 0 bridgehead atoms. The standard InChI is InChI=1S/C10H19N3O2S/c1-7(2)5-6-13-9(4)10(8(3)12-13)16(11,14)15/h7H,5-6H2,1-4H3,(H2,11,14,15). The minimum atomic E-state index is -3.67. The van der Waals surface area contributed by atoms with Crippen LogP contribution in [0.4, 0.5) is 0 Å². The molecule has 0 aliphatic rings. The van der Waals surface area contributed by atoms with Gasteiger partial charge in [0.2, 0.25) is 10.0 Å². The molecular formula is C10H19N3O2S. The third kappa shape index (κ3) is 2.82. The topological polar surface area (TPSA) is 78.0 Å². The van der Waals surface area contributed by atoms with Crippen LogP contribution in [0.3, 0.4) is 0 Å². The number of hydrogen-bond acceptors (Lipinski definition) is 3. The van der Waals surface area contributed by atoms with E-state index in [0.29, 0.717) is 17.3 Å². The fourth-order valence-electron chi connectivity index (χ4n) is 1.69. The van der Waals surface area contributed by atoms with E-state index < -0.39 is 10.0 Å². The molecule has 5 nitrogen and oxygen atoms in total. The Morgan fingerprint density at radius 2 is 1.94 bits per heavy atom. The number of aryl methyl sites for hydroxylation is 2. The molecule has 0 saturated carbocycles. The predicted octanol–water partition coefficient (Wildman–Crippen LogP) is 1.19. The van der Waals surface area contributed by atoms with Crippen molar-refractivity contribution in [3.8, 4) is 0 Å². The third-order valence-electron chi connectivity index (χ3n) is 2.52. The summed E-state index contributed by atoms with van der Waals surface area (Å²) in [5.74, 6) is 0.557. The maximum atomic E-state index is 11.4. The second kappa shape index (κ2) is 4.55. The van der Waals surface area contributed by atoms with Crippen LogP contribution in [-0.4, -0.2) is 18.2 Å². The van der Waals surface area contributed by atoms with E-state index in [1.54, 1.807) is 18.5 Å². The largest absolute Gasteiger partial charge is 0.268 e. The molecule has 6 heteroatoms. The summed E-state index contributed by atoms with van der Waals surface area (Å²) in [6, 6.07) is 0. The van der Waals surface area contributed by atoms with Gasteiger partial charge in [-0.1, -0.05) is 13.8 Å². The van der Waals surface area contributed by atoms with Crippen molar-refractivity contribution in [2.24, 2.45) is 11.1 Å². The summed E-state index contributed by atoms with van der Waals surface area (Å²) in [5, 5.41) is 9.35. The van der Waals surface area contributed by atoms with Gasteiger partial charge in [0, 0.05) is 6.54 Å². The van der Waals surface area contributed by atoms with Gasteiger partial charge in [-0.3, -0.25) is 4.68 Å². The summed E-state index contributed by atoms with van der Waals surface area (Å²) in [5.41, 5.74) is 1.10. The average molecular weight is 245 g/mol. The van der Waals surface area contributed by atoms with Crippen molar-refractivity contribution < 1.29 is 8.42 Å². The first-order chi connectivity index (χ1) is 7.23. The SMILES string of the molecule is Cc1nn(CCC(C)C)c(C)c1S(N)(=O)=O. The van der Waals surface area contributed by atoms with Crippen LogP contribution in [-0.2, 0) is 16.6 Å². The lowest BCUT2D eigenvalue weighted by molar-refractivity contribution is 0.478. The van der Waals surface area contributed by atoms with Gasteiger partial charge in [-0.15, -0.1) is 0 Å². The molecule has 0 radical (unpaired) electrons. The van der Waals surface area contributed by atoms with E-state index in [-0.39, 0.29) is 4.90 Å². The number of rotatable bonds is 4. The van der Waals surface area contributed by atoms with Crippen molar-refractivity contribution in [1.82, 2.24) is 9.78 Å². The maximum absolute atomic E-state index is 11.4. The fraction of sp³-hybridized carbons (Fsp3) is 0.700. The second-order valence-electron chi connectivity index (χ2n) is 4.45. The van der Waals surface area contributed by atoms with Crippen molar-refractivity contribution in [1.29, 1.82) is 0 Å². The third-order valence-corrected chi connectivity index (χ3v) is 3.68. The van der Waals surface area contributed by atoms with Crippen LogP contribution < -0.4 is 5.14 Å². The quantitative estimate of drug-likeness (QED) is 0.865. The van der Waals surface area contributed by atoms with E-state index in [0.717, 1.165) is 13.0 Å². The van der Waals surface area contributed by atoms with Crippen molar-refractivity contribution in [2.75, 3.05) is 0 Å². The number of hydrogen-bond donors (Lipinski definition) is 1. The molecule has 0 amide bonds. The summed E-state index contributed by atoms with van der Waals surface area (Å²) >= 11 is 0. The minimum Gasteiger partial charge on any atom is -0.268 e. The predicted molar refractivity (Wildman–Crippen MR) is 62.5 cm³/mol. The first kappa shape index (κ1) is 13.2. The number of primary sulfonamides is 1. The zero-order valence-electron chi connectivity index (χ0n) is 10.2. The molecule has 16 heavy (non-hydrogen) atoms. The molecule has 2 N–H and O–H groups in total. The number of nitrogens with two attached hydrogens (primary N) is 1. The molecule has 1 rings (SSSR count). The molecule has 92 valence electrons. The van der Waals surface area contributed by atoms with Gasteiger partial charge < -0.3 is 0 Å². The van der Waals surface area contributed by atoms with Crippen LogP contribution in [0.1, 0.15) is 31.7 Å². The highest BCUT2D eigenvalue weighted by Crippen LogP contribution is 2.18. The molecular weight excluding hydrogens is 226 g/mol. The lowest BCUT2D eigenvalue weighted by Crippen LogP contribution is -2.14. The van der Waals surface area contributed by atoms with Crippen LogP contribution >= 0.6 is 0 Å². The average Bonchev–Trinajstić information content (AvgIpc) is 2.36. The molecule has 0 aliphatic carbocycles. The maximum Gasteiger partial charge on any atom is 0.241 e. The molecule has 1 aromatic rings. The van der Waals surface area contributed by atoms with Crippen LogP contribution in [0.2, 0.25) is 0 Å². The summed E-state index contributed by atoms with van der Waals surface area (Å²) in [7, 11) is -3.67. The Balaban J connectivity index is 3.08. The van der Waals surface area contributed by atoms with Crippen LogP contribution in [0.15, 0.2) is 4.90 Å². The van der Waals surface area contributed by atoms with Crippen molar-refractivity contribution in [3.63, 3.8) is 0 Å². The van der Waals surface area contributed by atoms with E-state index in [2.05, 4.69) is 18.9 Å². The first-order valence-corrected chi connectivity index (χ1v) is 6.85. The van der Waals surface area contributed by atoms with Gasteiger partial charge >= 0.3 is 0 Å². The lowest BCUT2D eigenvalue weighted by Gasteiger charge is -2.06. The van der Waals surface area contributed by atoms with Crippen LogP contribution in [0.25, 0.3) is 0 Å². The Kier molecular flexibility index (Phi) is 3.75. The van der Waals surface area contributed by atoms with E-state index in [4.69, 9.17) is 5.14 Å². The monoisotopic (exact) mass is 245 g/mol. The smallest absolute Gasteiger partial charge is 0.241 e. The normalized spacial score (nSPS) is 12.4. The summed E-state index contributed by atoms with van der Waals surface area (Å²) in [6.45, 7) is 8.36. The highest BCUT2D eigenvalue weighted by atomic mass is 32.2. The van der Waals surface area contributed by atoms with Crippen LogP contribution in [0.5, 0.6) is 0 Å². The first-order valence-electron chi connectivity index (χ1n) is 5.30. The minimum absolute atomic E-state index is 0.163. The molecule has 0 spiro atoms. The summed E-state index contributed by atoms with van der Waals surface area (Å²) in [4.78, 5) is 0.163. The van der Waals surface area contributed by atoms with E-state index in [1.807, 2.05) is 0 Å². The Labute approximate surface area is 96.7 Å². The highest BCUT2D eigenvalue weighted by Gasteiger charge is 2.20. The van der Waals surface area contributed by atoms with Gasteiger partial charge in [-0.2, -0.15) is 5.10 Å². The van der Waals surface area contributed by atoms with E-state index in [9.17, 15) is 8.42 Å². The van der Waals surface area contributed by atoms with Crippen molar-refractivity contribution in [2.45, 2.75) is 45.6 Å². The van der Waals surface area contributed by atoms with Gasteiger partial charge in [0.05, 0.1) is 11.4 Å². The molecule has 1 aromatic heterocycles. The molecule has 0 aromatic carbocycles. The Hall–Kier alpha value is -0.880. The van der Waals surface area contributed by atoms with Gasteiger partial charge in [0.25, 0.3) is 0 Å². The summed E-state index contributed by atoms with van der Waals surface area (Å²) in [6.07, 6.45) is 0.964. The highest BCUT2D eigenvalue weighted by molar-refractivity contribution is 7.89. The fourth-order valence-corrected chi connectivity index (χ4v) is 2.66. The van der Waals surface area contributed by atoms with E-state index in [1.165, 1.54) is 0 Å². The number of sulfonamides is 1. The van der Waals surface area contributed by atoms with Crippen molar-refractivity contribution in [3.05, 3.63) is 11.4 Å². The Bertz CT molecular complexity index is 474. The zero-order valence-corrected chi connectivity index (χ0v) is 11.0. The molecule has 0 saturated heterocycles. The lowest BCUT2D eigenvalue weighted by atomic mass is 10.1. The van der Waals surface area contributed by atoms with E-state index >= 15 is 0 Å². The molecule has 1 heterocycles. The zero-order chi connectivity index (χ0) is 12.5. The van der Waals surface area contributed by atoms with Gasteiger partial charge in [-0.25, -0.2) is 13.6 Å². The summed E-state index contributed by atoms with van der Waals surface area (Å²) < 4.78 is 24.4. The Morgan fingerprint density at radius 3 is 2.31 bits per heavy atom. The number of nitrogens with zero attached hydrogens (tertiary/aromatic N) is 2. The number of aromatic nitrogens is 2. The molecule has 0 fully saturated rings. The van der Waals surface area contributed by atoms with Gasteiger partial charge in [0.15, 0.2) is 0 Å². The van der Waals surface area contributed by atoms with Crippen molar-refractivity contribution >= 4 is 10.0 Å². The second-order valence-corrected chi connectivity index (χ2v) is 5.95. The molecule has 0 atom stereocenters. The molecule has 0 aliphatic heterocycles. The van der Waals surface area contributed by atoms with Crippen LogP contribution in [0, 0.1) is 19.8 Å². The Morgan fingerprint density at radius 1 is 1.38 bits per heavy atom. The van der Waals surface area contributed by atoms with Gasteiger partial charge in [0.1, 0.15) is 4.90 Å².